The summed E-state index contributed by atoms with van der Waals surface area (Å²) >= 11 is 0. The Hall–Kier alpha value is -1.74. The van der Waals surface area contributed by atoms with Gasteiger partial charge in [-0.1, -0.05) is 26.0 Å². The maximum Gasteiger partial charge on any atom is 0.116 e. The number of benzene rings is 1. The van der Waals surface area contributed by atoms with Crippen molar-refractivity contribution >= 4 is 16.5 Å². The van der Waals surface area contributed by atoms with E-state index in [0.29, 0.717) is 16.9 Å². The molecule has 3 heteroatoms. The first kappa shape index (κ1) is 22.7. The molecule has 0 radical (unpaired) electrons. The van der Waals surface area contributed by atoms with Crippen LogP contribution in [0, 0.1) is 34.5 Å². The molecule has 0 saturated heterocycles. The standard InChI is InChI=1S/C31H42N2O/c1-29(2,3)34-23-12-14-30(4)22(17-23)7-8-24-26-10-9-25(31(26,5)15-13-27(24)30)20-6-11-28-21(16-20)18-32-19-33-28/h6,9,11,16,18-19,22-24,26-27H,7-8,10,12-15,17H2,1-5H3/t22-,23+,24-,26-,27-,30-,31+/m0/s1. The van der Waals surface area contributed by atoms with Gasteiger partial charge in [0, 0.05) is 11.6 Å². The topological polar surface area (TPSA) is 35.0 Å². The highest BCUT2D eigenvalue weighted by molar-refractivity contribution is 5.84. The zero-order valence-corrected chi connectivity index (χ0v) is 21.8. The summed E-state index contributed by atoms with van der Waals surface area (Å²) in [7, 11) is 0. The Morgan fingerprint density at radius 2 is 1.85 bits per heavy atom. The highest BCUT2D eigenvalue weighted by atomic mass is 16.5. The molecule has 1 aromatic carbocycles. The first-order valence-electron chi connectivity index (χ1n) is 13.8. The van der Waals surface area contributed by atoms with Crippen LogP contribution < -0.4 is 0 Å². The summed E-state index contributed by atoms with van der Waals surface area (Å²) in [6, 6.07) is 6.81. The number of ether oxygens (including phenoxy) is 1. The lowest BCUT2D eigenvalue weighted by molar-refractivity contribution is -0.148. The highest BCUT2D eigenvalue weighted by Gasteiger charge is 2.58. The first-order valence-corrected chi connectivity index (χ1v) is 13.8. The molecule has 0 bridgehead atoms. The van der Waals surface area contributed by atoms with Gasteiger partial charge in [-0.05, 0) is 130 Å². The first-order chi connectivity index (χ1) is 16.2. The average Bonchev–Trinajstić information content (AvgIpc) is 3.15. The third kappa shape index (κ3) is 3.56. The van der Waals surface area contributed by atoms with E-state index >= 15 is 0 Å². The maximum atomic E-state index is 6.47. The summed E-state index contributed by atoms with van der Waals surface area (Å²) in [4.78, 5) is 8.70. The molecule has 182 valence electrons. The number of allylic oxidation sites excluding steroid dienone is 2. The van der Waals surface area contributed by atoms with Crippen molar-refractivity contribution in [3.63, 3.8) is 0 Å². The SMILES string of the molecule is CC(C)(C)O[C@@H]1CC[C@@]2(C)[C@@H](CC[C@@H]3[C@@H]2CC[C@]2(C)C(c4ccc5ncncc5c4)=CC[C@@H]32)C1. The Kier molecular flexibility index (Phi) is 5.26. The fraction of sp³-hybridized carbons (Fsp3) is 0.677. The molecule has 1 heterocycles. The van der Waals surface area contributed by atoms with E-state index in [0.717, 1.165) is 34.6 Å². The molecule has 34 heavy (non-hydrogen) atoms. The minimum absolute atomic E-state index is 0.0247. The van der Waals surface area contributed by atoms with Crippen LogP contribution in [0.1, 0.15) is 91.5 Å². The van der Waals surface area contributed by atoms with Crippen LogP contribution in [-0.4, -0.2) is 21.7 Å². The molecular weight excluding hydrogens is 416 g/mol. The van der Waals surface area contributed by atoms with Crippen molar-refractivity contribution in [2.75, 3.05) is 0 Å². The van der Waals surface area contributed by atoms with Gasteiger partial charge in [-0.25, -0.2) is 9.97 Å². The second-order valence-corrected chi connectivity index (χ2v) is 13.4. The molecule has 4 aliphatic carbocycles. The molecule has 7 atom stereocenters. The van der Waals surface area contributed by atoms with E-state index in [1.54, 1.807) is 11.9 Å². The van der Waals surface area contributed by atoms with E-state index in [4.69, 9.17) is 4.74 Å². The predicted molar refractivity (Wildman–Crippen MR) is 139 cm³/mol. The molecule has 4 aliphatic rings. The van der Waals surface area contributed by atoms with Crippen LogP contribution in [0.3, 0.4) is 0 Å². The number of hydrogen-bond donors (Lipinski definition) is 0. The van der Waals surface area contributed by atoms with Crippen molar-refractivity contribution in [1.29, 1.82) is 0 Å². The average molecular weight is 459 g/mol. The second-order valence-electron chi connectivity index (χ2n) is 13.4. The van der Waals surface area contributed by atoms with Gasteiger partial charge in [0.25, 0.3) is 0 Å². The molecular formula is C31H42N2O. The van der Waals surface area contributed by atoms with Gasteiger partial charge < -0.3 is 4.74 Å². The van der Waals surface area contributed by atoms with Crippen LogP contribution in [0.15, 0.2) is 36.8 Å². The van der Waals surface area contributed by atoms with Crippen molar-refractivity contribution < 1.29 is 4.74 Å². The molecule has 3 fully saturated rings. The Bertz CT molecular complexity index is 1120. The summed E-state index contributed by atoms with van der Waals surface area (Å²) in [5, 5.41) is 1.16. The van der Waals surface area contributed by atoms with Crippen LogP contribution in [0.2, 0.25) is 0 Å². The number of aromatic nitrogens is 2. The zero-order chi connectivity index (χ0) is 23.7. The van der Waals surface area contributed by atoms with Crippen molar-refractivity contribution in [2.24, 2.45) is 34.5 Å². The van der Waals surface area contributed by atoms with E-state index in [1.165, 1.54) is 56.9 Å². The lowest BCUT2D eigenvalue weighted by Gasteiger charge is -2.61. The fourth-order valence-corrected chi connectivity index (χ4v) is 8.99. The number of nitrogens with zero attached hydrogens (tertiary/aromatic N) is 2. The van der Waals surface area contributed by atoms with E-state index in [1.807, 2.05) is 6.20 Å². The molecule has 6 rings (SSSR count). The van der Waals surface area contributed by atoms with E-state index in [2.05, 4.69) is 68.9 Å². The smallest absolute Gasteiger partial charge is 0.116 e. The minimum Gasteiger partial charge on any atom is -0.373 e. The van der Waals surface area contributed by atoms with Gasteiger partial charge in [-0.15, -0.1) is 0 Å². The van der Waals surface area contributed by atoms with Crippen LogP contribution >= 0.6 is 0 Å². The number of fused-ring (bicyclic) bond motifs is 6. The summed E-state index contributed by atoms with van der Waals surface area (Å²) in [6.45, 7) is 11.9. The van der Waals surface area contributed by atoms with Gasteiger partial charge in [0.15, 0.2) is 0 Å². The second kappa shape index (κ2) is 7.88. The van der Waals surface area contributed by atoms with E-state index in [9.17, 15) is 0 Å². The Balaban J connectivity index is 1.23. The fourth-order valence-electron chi connectivity index (χ4n) is 8.99. The summed E-state index contributed by atoms with van der Waals surface area (Å²) in [6.07, 6.45) is 17.3. The van der Waals surface area contributed by atoms with Crippen LogP contribution in [0.4, 0.5) is 0 Å². The van der Waals surface area contributed by atoms with Gasteiger partial charge in [0.1, 0.15) is 6.33 Å². The van der Waals surface area contributed by atoms with Crippen LogP contribution in [0.25, 0.3) is 16.5 Å². The van der Waals surface area contributed by atoms with Gasteiger partial charge in [0.05, 0.1) is 17.2 Å². The van der Waals surface area contributed by atoms with Gasteiger partial charge in [0.2, 0.25) is 0 Å². The van der Waals surface area contributed by atoms with Crippen molar-refractivity contribution in [3.8, 4) is 0 Å². The number of rotatable bonds is 2. The molecule has 3 nitrogen and oxygen atoms in total. The van der Waals surface area contributed by atoms with Gasteiger partial charge in [-0.3, -0.25) is 0 Å². The molecule has 0 amide bonds. The molecule has 0 aliphatic heterocycles. The summed E-state index contributed by atoms with van der Waals surface area (Å²) in [5.41, 5.74) is 4.82. The molecule has 2 aromatic rings. The summed E-state index contributed by atoms with van der Waals surface area (Å²) in [5.74, 6) is 3.40. The van der Waals surface area contributed by atoms with Crippen molar-refractivity contribution in [1.82, 2.24) is 9.97 Å². The molecule has 0 spiro atoms. The van der Waals surface area contributed by atoms with E-state index < -0.39 is 0 Å². The predicted octanol–water partition coefficient (Wildman–Crippen LogP) is 7.85. The van der Waals surface area contributed by atoms with Crippen LogP contribution in [-0.2, 0) is 4.74 Å². The quantitative estimate of drug-likeness (QED) is 0.459. The molecule has 0 N–H and O–H groups in total. The molecule has 1 aromatic heterocycles. The number of hydrogen-bond acceptors (Lipinski definition) is 3. The third-order valence-electron chi connectivity index (χ3n) is 10.5. The summed E-state index contributed by atoms with van der Waals surface area (Å²) < 4.78 is 6.47. The van der Waals surface area contributed by atoms with Crippen molar-refractivity contribution in [2.45, 2.75) is 97.7 Å². The highest BCUT2D eigenvalue weighted by Crippen LogP contribution is 2.67. The lowest BCUT2D eigenvalue weighted by atomic mass is 9.44. The largest absolute Gasteiger partial charge is 0.373 e. The Morgan fingerprint density at radius 3 is 2.68 bits per heavy atom. The zero-order valence-electron chi connectivity index (χ0n) is 21.8. The lowest BCUT2D eigenvalue weighted by Crippen LogP contribution is -2.54. The molecule has 3 saturated carbocycles. The maximum absolute atomic E-state index is 6.47. The third-order valence-corrected chi connectivity index (χ3v) is 10.5. The Labute approximate surface area is 205 Å². The van der Waals surface area contributed by atoms with E-state index in [-0.39, 0.29) is 5.60 Å². The Morgan fingerprint density at radius 1 is 1.00 bits per heavy atom. The van der Waals surface area contributed by atoms with Crippen molar-refractivity contribution in [3.05, 3.63) is 42.4 Å². The van der Waals surface area contributed by atoms with Gasteiger partial charge in [-0.2, -0.15) is 0 Å². The minimum atomic E-state index is -0.0247. The van der Waals surface area contributed by atoms with Crippen LogP contribution in [0.5, 0.6) is 0 Å². The monoisotopic (exact) mass is 458 g/mol. The van der Waals surface area contributed by atoms with Gasteiger partial charge >= 0.3 is 0 Å². The molecule has 0 unspecified atom stereocenters. The normalized spacial score (nSPS) is 39.8.